The lowest BCUT2D eigenvalue weighted by atomic mass is 9.78. The van der Waals surface area contributed by atoms with Crippen molar-refractivity contribution < 1.29 is 4.74 Å². The second-order valence-electron chi connectivity index (χ2n) is 7.58. The number of benzene rings is 1. The van der Waals surface area contributed by atoms with Crippen molar-refractivity contribution in [1.82, 2.24) is 9.97 Å². The number of nitrogens with two attached hydrogens (primary N) is 1. The Balaban J connectivity index is 0.00000140. The van der Waals surface area contributed by atoms with Gasteiger partial charge in [0.25, 0.3) is 0 Å². The molecule has 0 unspecified atom stereocenters. The molecule has 0 amide bonds. The van der Waals surface area contributed by atoms with E-state index in [0.717, 1.165) is 55.6 Å². The quantitative estimate of drug-likeness (QED) is 0.810. The molecule has 0 bridgehead atoms. The summed E-state index contributed by atoms with van der Waals surface area (Å²) in [5.41, 5.74) is 9.82. The van der Waals surface area contributed by atoms with Crippen LogP contribution in [0.2, 0.25) is 0 Å². The van der Waals surface area contributed by atoms with Crippen LogP contribution in [0.1, 0.15) is 35.6 Å². The van der Waals surface area contributed by atoms with Crippen LogP contribution in [0.5, 0.6) is 5.75 Å². The lowest BCUT2D eigenvalue weighted by molar-refractivity contribution is 0.345. The van der Waals surface area contributed by atoms with Crippen molar-refractivity contribution in [2.75, 3.05) is 37.5 Å². The van der Waals surface area contributed by atoms with Crippen molar-refractivity contribution in [3.05, 3.63) is 41.1 Å². The fraction of sp³-hybridized carbons (Fsp3) is 0.500. The predicted molar refractivity (Wildman–Crippen MR) is 119 cm³/mol. The number of hydrogen-bond donors (Lipinski definition) is 1. The summed E-state index contributed by atoms with van der Waals surface area (Å²) in [7, 11) is 5.70. The molecule has 1 fully saturated rings. The molecule has 1 aliphatic carbocycles. The van der Waals surface area contributed by atoms with E-state index < -0.39 is 0 Å². The number of methoxy groups -OCH3 is 1. The fourth-order valence-electron chi connectivity index (χ4n) is 3.77. The second-order valence-corrected chi connectivity index (χ2v) is 7.58. The number of hydrogen-bond acceptors (Lipinski definition) is 6. The first-order valence-electron chi connectivity index (χ1n) is 9.26. The van der Waals surface area contributed by atoms with Crippen LogP contribution in [0.4, 0.5) is 11.8 Å². The molecule has 2 aliphatic rings. The van der Waals surface area contributed by atoms with Gasteiger partial charge in [-0.1, -0.05) is 6.07 Å². The first kappa shape index (κ1) is 22.5. The van der Waals surface area contributed by atoms with Crippen LogP contribution in [0, 0.1) is 0 Å². The lowest BCUT2D eigenvalue weighted by Crippen LogP contribution is -2.36. The lowest BCUT2D eigenvalue weighted by Gasteiger charge is -2.34. The van der Waals surface area contributed by atoms with E-state index >= 15 is 0 Å². The highest BCUT2D eigenvalue weighted by Crippen LogP contribution is 2.37. The van der Waals surface area contributed by atoms with Crippen LogP contribution in [0.3, 0.4) is 0 Å². The van der Waals surface area contributed by atoms with Crippen molar-refractivity contribution in [3.63, 3.8) is 0 Å². The molecule has 1 aromatic heterocycles. The zero-order valence-corrected chi connectivity index (χ0v) is 18.2. The third-order valence-electron chi connectivity index (χ3n) is 5.46. The number of rotatable bonds is 4. The van der Waals surface area contributed by atoms with Crippen molar-refractivity contribution in [2.45, 2.75) is 37.8 Å². The van der Waals surface area contributed by atoms with E-state index in [2.05, 4.69) is 23.1 Å². The van der Waals surface area contributed by atoms with Crippen LogP contribution in [0.25, 0.3) is 0 Å². The largest absolute Gasteiger partial charge is 0.497 e. The van der Waals surface area contributed by atoms with Gasteiger partial charge in [-0.25, -0.2) is 4.98 Å². The molecular formula is C20H29Cl2N5O. The van der Waals surface area contributed by atoms with Crippen molar-refractivity contribution in [1.29, 1.82) is 0 Å². The molecular weight excluding hydrogens is 397 g/mol. The minimum atomic E-state index is 0. The smallest absolute Gasteiger partial charge is 0.227 e. The van der Waals surface area contributed by atoms with Gasteiger partial charge in [0.15, 0.2) is 0 Å². The average molecular weight is 426 g/mol. The number of nitrogens with zero attached hydrogens (tertiary/aromatic N) is 4. The van der Waals surface area contributed by atoms with Gasteiger partial charge in [-0.2, -0.15) is 4.98 Å². The summed E-state index contributed by atoms with van der Waals surface area (Å²) in [6.45, 7) is 1.82. The first-order valence-corrected chi connectivity index (χ1v) is 9.26. The Labute approximate surface area is 179 Å². The standard InChI is InChI=1S/C20H27N5O.2ClH/c1-24(2)20-22-18(15-8-16(21)9-15)11-19(23-20)25-7-6-13-10-17(26-3)5-4-14(13)12-25;;/h4-5,10-11,15-16H,6-9,12,21H2,1-3H3;2*1H. The van der Waals surface area contributed by atoms with E-state index in [-0.39, 0.29) is 24.8 Å². The first-order chi connectivity index (χ1) is 12.5. The van der Waals surface area contributed by atoms with E-state index in [9.17, 15) is 0 Å². The van der Waals surface area contributed by atoms with Gasteiger partial charge < -0.3 is 20.3 Å². The van der Waals surface area contributed by atoms with Gasteiger partial charge in [0.2, 0.25) is 5.95 Å². The fourth-order valence-corrected chi connectivity index (χ4v) is 3.77. The molecule has 154 valence electrons. The van der Waals surface area contributed by atoms with E-state index in [1.54, 1.807) is 7.11 Å². The van der Waals surface area contributed by atoms with Gasteiger partial charge in [0, 0.05) is 45.2 Å². The topological polar surface area (TPSA) is 67.5 Å². The van der Waals surface area contributed by atoms with Crippen LogP contribution in [0.15, 0.2) is 24.3 Å². The van der Waals surface area contributed by atoms with Gasteiger partial charge in [0.1, 0.15) is 11.6 Å². The zero-order valence-electron chi connectivity index (χ0n) is 16.6. The Bertz CT molecular complexity index is 811. The van der Waals surface area contributed by atoms with E-state index in [1.807, 2.05) is 25.1 Å². The number of anilines is 2. The number of halogens is 2. The molecule has 4 rings (SSSR count). The number of ether oxygens (including phenoxy) is 1. The van der Waals surface area contributed by atoms with Crippen LogP contribution in [-0.4, -0.2) is 43.8 Å². The van der Waals surface area contributed by atoms with Crippen LogP contribution < -0.4 is 20.3 Å². The van der Waals surface area contributed by atoms with Crippen LogP contribution in [-0.2, 0) is 13.0 Å². The van der Waals surface area contributed by atoms with Crippen molar-refractivity contribution in [2.24, 2.45) is 5.73 Å². The maximum absolute atomic E-state index is 5.99. The summed E-state index contributed by atoms with van der Waals surface area (Å²) in [5.74, 6) is 3.18. The van der Waals surface area contributed by atoms with Crippen molar-refractivity contribution in [3.8, 4) is 5.75 Å². The Morgan fingerprint density at radius 3 is 2.50 bits per heavy atom. The second kappa shape index (κ2) is 9.16. The number of fused-ring (bicyclic) bond motifs is 1. The van der Waals surface area contributed by atoms with E-state index in [1.165, 1.54) is 11.1 Å². The highest BCUT2D eigenvalue weighted by molar-refractivity contribution is 5.85. The zero-order chi connectivity index (χ0) is 18.3. The molecule has 0 saturated heterocycles. The Hall–Kier alpha value is -1.76. The van der Waals surface area contributed by atoms with E-state index in [0.29, 0.717) is 12.0 Å². The molecule has 28 heavy (non-hydrogen) atoms. The molecule has 0 atom stereocenters. The van der Waals surface area contributed by atoms with Gasteiger partial charge >= 0.3 is 0 Å². The summed E-state index contributed by atoms with van der Waals surface area (Å²) in [4.78, 5) is 13.9. The number of aromatic nitrogens is 2. The molecule has 1 aliphatic heterocycles. The average Bonchev–Trinajstić information content (AvgIpc) is 2.64. The van der Waals surface area contributed by atoms with Crippen LogP contribution >= 0.6 is 24.8 Å². The molecule has 1 saturated carbocycles. The van der Waals surface area contributed by atoms with Crippen molar-refractivity contribution >= 4 is 36.6 Å². The van der Waals surface area contributed by atoms with Gasteiger partial charge in [-0.05, 0) is 42.5 Å². The summed E-state index contributed by atoms with van der Waals surface area (Å²) < 4.78 is 5.35. The molecule has 2 aromatic rings. The van der Waals surface area contributed by atoms with Gasteiger partial charge in [0.05, 0.1) is 12.8 Å². The molecule has 1 aromatic carbocycles. The Morgan fingerprint density at radius 1 is 1.11 bits per heavy atom. The summed E-state index contributed by atoms with van der Waals surface area (Å²) >= 11 is 0. The summed E-state index contributed by atoms with van der Waals surface area (Å²) in [6.07, 6.45) is 3.04. The molecule has 0 radical (unpaired) electrons. The highest BCUT2D eigenvalue weighted by atomic mass is 35.5. The molecule has 0 spiro atoms. The normalized spacial score (nSPS) is 20.2. The summed E-state index contributed by atoms with van der Waals surface area (Å²) in [5, 5.41) is 0. The predicted octanol–water partition coefficient (Wildman–Crippen LogP) is 3.16. The Kier molecular flexibility index (Phi) is 7.37. The minimum absolute atomic E-state index is 0. The third-order valence-corrected chi connectivity index (χ3v) is 5.46. The summed E-state index contributed by atoms with van der Waals surface area (Å²) in [6, 6.07) is 8.84. The maximum atomic E-state index is 5.99. The molecule has 2 N–H and O–H groups in total. The van der Waals surface area contributed by atoms with Gasteiger partial charge in [-0.3, -0.25) is 0 Å². The maximum Gasteiger partial charge on any atom is 0.227 e. The van der Waals surface area contributed by atoms with E-state index in [4.69, 9.17) is 20.4 Å². The molecule has 2 heterocycles. The monoisotopic (exact) mass is 425 g/mol. The third kappa shape index (κ3) is 4.45. The molecule has 8 heteroatoms. The Morgan fingerprint density at radius 2 is 1.86 bits per heavy atom. The van der Waals surface area contributed by atoms with Gasteiger partial charge in [-0.15, -0.1) is 24.8 Å². The SMILES string of the molecule is COc1ccc2c(c1)CCN(c1cc(C3CC(N)C3)nc(N(C)C)n1)C2.Cl.Cl. The highest BCUT2D eigenvalue weighted by Gasteiger charge is 2.30. The molecule has 6 nitrogen and oxygen atoms in total. The minimum Gasteiger partial charge on any atom is -0.497 e.